The third kappa shape index (κ3) is 3.84. The Kier molecular flexibility index (Phi) is 3.55. The van der Waals surface area contributed by atoms with E-state index in [0.29, 0.717) is 5.69 Å². The van der Waals surface area contributed by atoms with Gasteiger partial charge in [-0.25, -0.2) is 4.79 Å². The summed E-state index contributed by atoms with van der Waals surface area (Å²) >= 11 is 0. The van der Waals surface area contributed by atoms with Gasteiger partial charge in [0.15, 0.2) is 0 Å². The number of hydrogen-bond donors (Lipinski definition) is 2. The predicted molar refractivity (Wildman–Crippen MR) is 64.8 cm³/mol. The minimum absolute atomic E-state index is 0.403. The SMILES string of the molecule is O=C(NCC(F)(F)F)Nc1ccc2ncccc2c1. The van der Waals surface area contributed by atoms with Gasteiger partial charge in [0.2, 0.25) is 0 Å². The van der Waals surface area contributed by atoms with Gasteiger partial charge in [-0.05, 0) is 24.3 Å². The fraction of sp³-hybridized carbons (Fsp3) is 0.167. The Morgan fingerprint density at radius 2 is 2.05 bits per heavy atom. The molecular weight excluding hydrogens is 259 g/mol. The highest BCUT2D eigenvalue weighted by Crippen LogP contribution is 2.17. The molecule has 2 amide bonds. The van der Waals surface area contributed by atoms with Crippen LogP contribution in [-0.2, 0) is 0 Å². The number of carbonyl (C=O) groups is 1. The van der Waals surface area contributed by atoms with Crippen molar-refractivity contribution in [2.24, 2.45) is 0 Å². The first-order valence-electron chi connectivity index (χ1n) is 5.40. The Labute approximate surface area is 106 Å². The standard InChI is InChI=1S/C12H10F3N3O/c13-12(14,15)7-17-11(19)18-9-3-4-10-8(6-9)2-1-5-16-10/h1-6H,7H2,(H2,17,18,19). The maximum Gasteiger partial charge on any atom is 0.405 e. The normalized spacial score (nSPS) is 11.3. The van der Waals surface area contributed by atoms with Gasteiger partial charge >= 0.3 is 12.2 Å². The van der Waals surface area contributed by atoms with E-state index in [4.69, 9.17) is 0 Å². The molecule has 100 valence electrons. The molecule has 0 saturated carbocycles. The van der Waals surface area contributed by atoms with Crippen LogP contribution in [0.3, 0.4) is 0 Å². The minimum Gasteiger partial charge on any atom is -0.329 e. The molecule has 1 heterocycles. The van der Waals surface area contributed by atoms with Crippen LogP contribution >= 0.6 is 0 Å². The molecule has 0 bridgehead atoms. The Balaban J connectivity index is 2.03. The molecule has 0 radical (unpaired) electrons. The highest BCUT2D eigenvalue weighted by molar-refractivity contribution is 5.92. The molecule has 2 aromatic rings. The van der Waals surface area contributed by atoms with Crippen LogP contribution in [0, 0.1) is 0 Å². The van der Waals surface area contributed by atoms with E-state index in [9.17, 15) is 18.0 Å². The Hall–Kier alpha value is -2.31. The molecule has 0 spiro atoms. The summed E-state index contributed by atoms with van der Waals surface area (Å²) in [6, 6.07) is 7.50. The van der Waals surface area contributed by atoms with Gasteiger partial charge in [0, 0.05) is 17.3 Å². The van der Waals surface area contributed by atoms with Crippen molar-refractivity contribution in [2.75, 3.05) is 11.9 Å². The summed E-state index contributed by atoms with van der Waals surface area (Å²) in [7, 11) is 0. The summed E-state index contributed by atoms with van der Waals surface area (Å²) in [4.78, 5) is 15.4. The van der Waals surface area contributed by atoms with E-state index in [1.807, 2.05) is 0 Å². The van der Waals surface area contributed by atoms with Crippen molar-refractivity contribution in [1.82, 2.24) is 10.3 Å². The van der Waals surface area contributed by atoms with E-state index in [0.717, 1.165) is 10.9 Å². The molecule has 0 aliphatic heterocycles. The summed E-state index contributed by atoms with van der Waals surface area (Å²) in [6.07, 6.45) is -2.80. The van der Waals surface area contributed by atoms with Crippen LogP contribution in [0.25, 0.3) is 10.9 Å². The molecule has 0 atom stereocenters. The van der Waals surface area contributed by atoms with Gasteiger partial charge in [-0.15, -0.1) is 0 Å². The zero-order valence-corrected chi connectivity index (χ0v) is 9.66. The van der Waals surface area contributed by atoms with E-state index in [1.165, 1.54) is 0 Å². The molecule has 19 heavy (non-hydrogen) atoms. The maximum atomic E-state index is 11.9. The fourth-order valence-electron chi connectivity index (χ4n) is 1.51. The van der Waals surface area contributed by atoms with Crippen molar-refractivity contribution in [3.05, 3.63) is 36.5 Å². The average molecular weight is 269 g/mol. The number of halogens is 3. The number of rotatable bonds is 2. The van der Waals surface area contributed by atoms with Gasteiger partial charge in [-0.2, -0.15) is 13.2 Å². The zero-order valence-electron chi connectivity index (χ0n) is 9.66. The molecule has 1 aromatic heterocycles. The summed E-state index contributed by atoms with van der Waals surface area (Å²) in [5, 5.41) is 4.85. The minimum atomic E-state index is -4.43. The van der Waals surface area contributed by atoms with E-state index < -0.39 is 18.8 Å². The molecule has 0 aliphatic carbocycles. The summed E-state index contributed by atoms with van der Waals surface area (Å²) in [5.74, 6) is 0. The number of aromatic nitrogens is 1. The number of fused-ring (bicyclic) bond motifs is 1. The molecule has 7 heteroatoms. The van der Waals surface area contributed by atoms with Crippen LogP contribution < -0.4 is 10.6 Å². The smallest absolute Gasteiger partial charge is 0.329 e. The second kappa shape index (κ2) is 5.13. The van der Waals surface area contributed by atoms with E-state index in [-0.39, 0.29) is 0 Å². The molecule has 2 N–H and O–H groups in total. The maximum absolute atomic E-state index is 11.9. The molecule has 0 fully saturated rings. The van der Waals surface area contributed by atoms with Crippen molar-refractivity contribution < 1.29 is 18.0 Å². The molecule has 4 nitrogen and oxygen atoms in total. The predicted octanol–water partition coefficient (Wildman–Crippen LogP) is 2.92. The number of pyridine rings is 1. The summed E-state index contributed by atoms with van der Waals surface area (Å²) in [6.45, 7) is -1.37. The van der Waals surface area contributed by atoms with Gasteiger partial charge in [0.1, 0.15) is 6.54 Å². The van der Waals surface area contributed by atoms with Crippen molar-refractivity contribution in [3.8, 4) is 0 Å². The molecule has 2 rings (SSSR count). The van der Waals surface area contributed by atoms with Gasteiger partial charge in [0.25, 0.3) is 0 Å². The molecule has 1 aromatic carbocycles. The van der Waals surface area contributed by atoms with Crippen LogP contribution in [0.5, 0.6) is 0 Å². The number of alkyl halides is 3. The first-order valence-corrected chi connectivity index (χ1v) is 5.40. The highest BCUT2D eigenvalue weighted by atomic mass is 19.4. The highest BCUT2D eigenvalue weighted by Gasteiger charge is 2.27. The van der Waals surface area contributed by atoms with E-state index in [1.54, 1.807) is 41.8 Å². The van der Waals surface area contributed by atoms with Crippen LogP contribution in [0.4, 0.5) is 23.7 Å². The largest absolute Gasteiger partial charge is 0.405 e. The number of amides is 2. The summed E-state index contributed by atoms with van der Waals surface area (Å²) in [5.41, 5.74) is 1.14. The van der Waals surface area contributed by atoms with E-state index in [2.05, 4.69) is 10.3 Å². The first-order chi connectivity index (χ1) is 8.94. The number of urea groups is 1. The Bertz CT molecular complexity index is 598. The van der Waals surface area contributed by atoms with Crippen LogP contribution in [0.1, 0.15) is 0 Å². The lowest BCUT2D eigenvalue weighted by Gasteiger charge is -2.10. The quantitative estimate of drug-likeness (QED) is 0.880. The number of anilines is 1. The van der Waals surface area contributed by atoms with Crippen molar-refractivity contribution >= 4 is 22.6 Å². The Morgan fingerprint density at radius 3 is 2.79 bits per heavy atom. The number of carbonyl (C=O) groups excluding carboxylic acids is 1. The first kappa shape index (κ1) is 13.1. The third-order valence-electron chi connectivity index (χ3n) is 2.31. The topological polar surface area (TPSA) is 54.0 Å². The molecule has 0 saturated heterocycles. The second-order valence-corrected chi connectivity index (χ2v) is 3.83. The number of benzene rings is 1. The lowest BCUT2D eigenvalue weighted by molar-refractivity contribution is -0.122. The van der Waals surface area contributed by atoms with Crippen LogP contribution in [0.2, 0.25) is 0 Å². The Morgan fingerprint density at radius 1 is 1.26 bits per heavy atom. The summed E-state index contributed by atoms with van der Waals surface area (Å²) < 4.78 is 35.7. The monoisotopic (exact) mass is 269 g/mol. The lowest BCUT2D eigenvalue weighted by atomic mass is 10.2. The molecule has 0 unspecified atom stereocenters. The average Bonchev–Trinajstić information content (AvgIpc) is 2.35. The number of nitrogens with one attached hydrogen (secondary N) is 2. The van der Waals surface area contributed by atoms with Crippen molar-refractivity contribution in [3.63, 3.8) is 0 Å². The third-order valence-corrected chi connectivity index (χ3v) is 2.31. The van der Waals surface area contributed by atoms with Crippen molar-refractivity contribution in [2.45, 2.75) is 6.18 Å². The number of nitrogens with zero attached hydrogens (tertiary/aromatic N) is 1. The lowest BCUT2D eigenvalue weighted by Crippen LogP contribution is -2.36. The molecule has 0 aliphatic rings. The zero-order chi connectivity index (χ0) is 13.9. The van der Waals surface area contributed by atoms with E-state index >= 15 is 0 Å². The van der Waals surface area contributed by atoms with Gasteiger partial charge < -0.3 is 10.6 Å². The fourth-order valence-corrected chi connectivity index (χ4v) is 1.51. The van der Waals surface area contributed by atoms with Gasteiger partial charge in [0.05, 0.1) is 5.52 Å². The van der Waals surface area contributed by atoms with Crippen LogP contribution in [-0.4, -0.2) is 23.7 Å². The second-order valence-electron chi connectivity index (χ2n) is 3.83. The van der Waals surface area contributed by atoms with Crippen molar-refractivity contribution in [1.29, 1.82) is 0 Å². The van der Waals surface area contributed by atoms with Gasteiger partial charge in [-0.3, -0.25) is 4.98 Å². The molecular formula is C12H10F3N3O. The van der Waals surface area contributed by atoms with Crippen LogP contribution in [0.15, 0.2) is 36.5 Å². The van der Waals surface area contributed by atoms with Gasteiger partial charge in [-0.1, -0.05) is 6.07 Å². The number of hydrogen-bond acceptors (Lipinski definition) is 2.